The van der Waals surface area contributed by atoms with Gasteiger partial charge in [0.05, 0.1) is 10.7 Å². The predicted octanol–water partition coefficient (Wildman–Crippen LogP) is 5.33. The Morgan fingerprint density at radius 3 is 2.33 bits per heavy atom. The third-order valence-electron chi connectivity index (χ3n) is 8.03. The van der Waals surface area contributed by atoms with Crippen molar-refractivity contribution in [3.8, 4) is 33.7 Å². The molecule has 9 heteroatoms. The number of pyridine rings is 1. The van der Waals surface area contributed by atoms with Crippen LogP contribution in [0.3, 0.4) is 0 Å². The minimum Gasteiger partial charge on any atom is -0.507 e. The van der Waals surface area contributed by atoms with Crippen LogP contribution in [0.1, 0.15) is 19.3 Å². The van der Waals surface area contributed by atoms with Crippen molar-refractivity contribution in [1.29, 1.82) is 0 Å². The van der Waals surface area contributed by atoms with Gasteiger partial charge in [-0.05, 0) is 66.3 Å². The number of phenols is 1. The van der Waals surface area contributed by atoms with Crippen LogP contribution in [-0.2, 0) is 7.05 Å². The third kappa shape index (κ3) is 5.06. The topological polar surface area (TPSA) is 66.5 Å². The standard InChI is InChI=1S/C30H31ClFN5O2/c1-34-9-14-37(30(34)39)27-6-5-21(15-26(27)31)24-17-23(32)18-25(29(24)38)22-7-8-33-28(16-22)36-12-10-35(11-13-36)19-20-3-2-4-20/h5-9,14-18,20,38H,2-4,10-13,19H2,1H3. The summed E-state index contributed by atoms with van der Waals surface area (Å²) < 4.78 is 17.8. The zero-order chi connectivity index (χ0) is 27.1. The van der Waals surface area contributed by atoms with Crippen molar-refractivity contribution in [3.05, 3.63) is 82.4 Å². The number of aryl methyl sites for hydroxylation is 1. The van der Waals surface area contributed by atoms with Crippen LogP contribution in [0.5, 0.6) is 5.75 Å². The smallest absolute Gasteiger partial charge is 0.332 e. The quantitative estimate of drug-likeness (QED) is 0.354. The van der Waals surface area contributed by atoms with Crippen molar-refractivity contribution in [2.24, 2.45) is 13.0 Å². The number of anilines is 1. The fourth-order valence-corrected chi connectivity index (χ4v) is 5.79. The number of aromatic hydroxyl groups is 1. The SMILES string of the molecule is Cn1ccn(-c2ccc(-c3cc(F)cc(-c4ccnc(N5CCN(CC6CCC6)CC5)c4)c3O)cc2Cl)c1=O. The number of aromatic nitrogens is 3. The van der Waals surface area contributed by atoms with Crippen LogP contribution in [-0.4, -0.2) is 56.8 Å². The van der Waals surface area contributed by atoms with Gasteiger partial charge < -0.3 is 14.6 Å². The fourth-order valence-electron chi connectivity index (χ4n) is 5.52. The lowest BCUT2D eigenvalue weighted by Crippen LogP contribution is -2.48. The Bertz CT molecular complexity index is 1570. The van der Waals surface area contributed by atoms with E-state index in [1.807, 2.05) is 6.07 Å². The summed E-state index contributed by atoms with van der Waals surface area (Å²) in [5.74, 6) is 1.16. The Kier molecular flexibility index (Phi) is 6.91. The van der Waals surface area contributed by atoms with Crippen LogP contribution in [0.2, 0.25) is 5.02 Å². The summed E-state index contributed by atoms with van der Waals surface area (Å²) in [6.45, 7) is 4.97. The summed E-state index contributed by atoms with van der Waals surface area (Å²) >= 11 is 6.54. The van der Waals surface area contributed by atoms with Gasteiger partial charge in [-0.1, -0.05) is 24.1 Å². The van der Waals surface area contributed by atoms with E-state index in [1.165, 1.54) is 47.1 Å². The van der Waals surface area contributed by atoms with Crippen molar-refractivity contribution in [2.45, 2.75) is 19.3 Å². The second kappa shape index (κ2) is 10.5. The molecule has 2 fully saturated rings. The second-order valence-corrected chi connectivity index (χ2v) is 11.0. The van der Waals surface area contributed by atoms with Gasteiger partial charge in [-0.2, -0.15) is 0 Å². The largest absolute Gasteiger partial charge is 0.507 e. The molecule has 0 amide bonds. The van der Waals surface area contributed by atoms with Gasteiger partial charge in [0.15, 0.2) is 0 Å². The molecule has 2 aromatic heterocycles. The number of benzene rings is 2. The van der Waals surface area contributed by atoms with E-state index in [4.69, 9.17) is 11.6 Å². The van der Waals surface area contributed by atoms with Crippen LogP contribution < -0.4 is 10.6 Å². The molecule has 1 aliphatic carbocycles. The van der Waals surface area contributed by atoms with Gasteiger partial charge in [0.2, 0.25) is 0 Å². The number of hydrogen-bond donors (Lipinski definition) is 1. The van der Waals surface area contributed by atoms with Crippen molar-refractivity contribution >= 4 is 17.4 Å². The van der Waals surface area contributed by atoms with Gasteiger partial charge in [0, 0.05) is 69.5 Å². The Morgan fingerprint density at radius 1 is 1.00 bits per heavy atom. The van der Waals surface area contributed by atoms with Gasteiger partial charge in [0.25, 0.3) is 0 Å². The number of halogens is 2. The first kappa shape index (κ1) is 25.6. The molecule has 1 saturated heterocycles. The Morgan fingerprint density at radius 2 is 1.72 bits per heavy atom. The lowest BCUT2D eigenvalue weighted by molar-refractivity contribution is 0.170. The molecule has 2 aliphatic rings. The van der Waals surface area contributed by atoms with E-state index in [-0.39, 0.29) is 11.4 Å². The van der Waals surface area contributed by atoms with Crippen molar-refractivity contribution in [2.75, 3.05) is 37.6 Å². The summed E-state index contributed by atoms with van der Waals surface area (Å²) in [5, 5.41) is 11.6. The summed E-state index contributed by atoms with van der Waals surface area (Å²) in [6, 6.07) is 11.4. The Hall–Kier alpha value is -3.62. The van der Waals surface area contributed by atoms with E-state index < -0.39 is 5.82 Å². The maximum absolute atomic E-state index is 14.9. The molecule has 0 unspecified atom stereocenters. The first-order valence-electron chi connectivity index (χ1n) is 13.4. The van der Waals surface area contributed by atoms with Gasteiger partial charge in [0.1, 0.15) is 17.4 Å². The van der Waals surface area contributed by atoms with Gasteiger partial charge >= 0.3 is 5.69 Å². The number of rotatable bonds is 6. The first-order valence-corrected chi connectivity index (χ1v) is 13.8. The highest BCUT2D eigenvalue weighted by molar-refractivity contribution is 6.32. The van der Waals surface area contributed by atoms with Gasteiger partial charge in [-0.15, -0.1) is 0 Å². The summed E-state index contributed by atoms with van der Waals surface area (Å²) in [6.07, 6.45) is 9.06. The molecule has 4 aromatic rings. The number of imidazole rings is 1. The zero-order valence-electron chi connectivity index (χ0n) is 21.9. The summed E-state index contributed by atoms with van der Waals surface area (Å²) in [4.78, 5) is 21.7. The molecule has 0 radical (unpaired) electrons. The minimum absolute atomic E-state index is 0.0421. The number of nitrogens with zero attached hydrogens (tertiary/aromatic N) is 5. The average molecular weight is 548 g/mol. The van der Waals surface area contributed by atoms with Gasteiger partial charge in [-0.25, -0.2) is 14.2 Å². The molecular weight excluding hydrogens is 517 g/mol. The van der Waals surface area contributed by atoms with E-state index in [9.17, 15) is 14.3 Å². The normalized spacial score (nSPS) is 16.4. The van der Waals surface area contributed by atoms with Gasteiger partial charge in [-0.3, -0.25) is 9.47 Å². The highest BCUT2D eigenvalue weighted by atomic mass is 35.5. The molecule has 1 aliphatic heterocycles. The molecule has 0 bridgehead atoms. The van der Waals surface area contributed by atoms with Crippen LogP contribution in [0.15, 0.2) is 65.8 Å². The molecular formula is C30H31ClFN5O2. The van der Waals surface area contributed by atoms with E-state index >= 15 is 0 Å². The highest BCUT2D eigenvalue weighted by Gasteiger charge is 2.24. The third-order valence-corrected chi connectivity index (χ3v) is 8.34. The maximum Gasteiger partial charge on any atom is 0.332 e. The van der Waals surface area contributed by atoms with E-state index in [0.29, 0.717) is 33.0 Å². The number of phenolic OH excluding ortho intramolecular Hbond substituents is 1. The van der Waals surface area contributed by atoms with Crippen molar-refractivity contribution in [3.63, 3.8) is 0 Å². The monoisotopic (exact) mass is 547 g/mol. The van der Waals surface area contributed by atoms with Crippen LogP contribution in [0, 0.1) is 11.7 Å². The first-order chi connectivity index (χ1) is 18.9. The summed E-state index contributed by atoms with van der Waals surface area (Å²) in [7, 11) is 1.66. The predicted molar refractivity (Wildman–Crippen MR) is 152 cm³/mol. The lowest BCUT2D eigenvalue weighted by Gasteiger charge is -2.39. The Balaban J connectivity index is 1.27. The lowest BCUT2D eigenvalue weighted by atomic mass is 9.85. The molecule has 1 saturated carbocycles. The number of piperazine rings is 1. The molecule has 0 atom stereocenters. The molecule has 2 aromatic carbocycles. The minimum atomic E-state index is -0.472. The molecule has 0 spiro atoms. The Labute approximate surface area is 231 Å². The zero-order valence-corrected chi connectivity index (χ0v) is 22.6. The highest BCUT2D eigenvalue weighted by Crippen LogP contribution is 2.41. The van der Waals surface area contributed by atoms with Crippen LogP contribution >= 0.6 is 11.6 Å². The molecule has 39 heavy (non-hydrogen) atoms. The van der Waals surface area contributed by atoms with Crippen LogP contribution in [0.25, 0.3) is 27.9 Å². The van der Waals surface area contributed by atoms with E-state index in [0.717, 1.165) is 37.9 Å². The molecule has 1 N–H and O–H groups in total. The maximum atomic E-state index is 14.9. The second-order valence-electron chi connectivity index (χ2n) is 10.6. The fraction of sp³-hybridized carbons (Fsp3) is 0.333. The van der Waals surface area contributed by atoms with Crippen LogP contribution in [0.4, 0.5) is 10.2 Å². The molecule has 3 heterocycles. The average Bonchev–Trinajstić information content (AvgIpc) is 3.25. The number of hydrogen-bond acceptors (Lipinski definition) is 5. The molecule has 6 rings (SSSR count). The molecule has 7 nitrogen and oxygen atoms in total. The van der Waals surface area contributed by atoms with Crippen molar-refractivity contribution < 1.29 is 9.50 Å². The van der Waals surface area contributed by atoms with Crippen molar-refractivity contribution in [1.82, 2.24) is 19.0 Å². The van der Waals surface area contributed by atoms with E-state index in [2.05, 4.69) is 14.8 Å². The molecule has 202 valence electrons. The summed E-state index contributed by atoms with van der Waals surface area (Å²) in [5.41, 5.74) is 2.22. The van der Waals surface area contributed by atoms with E-state index in [1.54, 1.807) is 49.9 Å².